The fourth-order valence-electron chi connectivity index (χ4n) is 9.18. The van der Waals surface area contributed by atoms with Crippen molar-refractivity contribution in [1.82, 2.24) is 0 Å². The summed E-state index contributed by atoms with van der Waals surface area (Å²) >= 11 is 3.75. The number of hydrogen-bond donors (Lipinski definition) is 0. The summed E-state index contributed by atoms with van der Waals surface area (Å²) in [5.74, 6) is 0. The summed E-state index contributed by atoms with van der Waals surface area (Å²) in [5, 5.41) is 10.2. The zero-order chi connectivity index (χ0) is 38.9. The van der Waals surface area contributed by atoms with Crippen molar-refractivity contribution in [1.29, 1.82) is 0 Å². The average Bonchev–Trinajstić information content (AvgIpc) is 3.89. The van der Waals surface area contributed by atoms with Crippen LogP contribution in [0.3, 0.4) is 0 Å². The Bertz CT molecular complexity index is 3560. The maximum Gasteiger partial charge on any atom is 0.0554 e. The lowest BCUT2D eigenvalue weighted by Crippen LogP contribution is -2.10. The molecule has 0 spiro atoms. The van der Waals surface area contributed by atoms with E-state index in [0.29, 0.717) is 0 Å². The number of rotatable bonds is 6. The van der Waals surface area contributed by atoms with Crippen molar-refractivity contribution in [2.45, 2.75) is 0 Å². The van der Waals surface area contributed by atoms with Gasteiger partial charge in [-0.2, -0.15) is 0 Å². The molecule has 0 saturated heterocycles. The van der Waals surface area contributed by atoms with E-state index in [-0.39, 0.29) is 0 Å². The summed E-state index contributed by atoms with van der Waals surface area (Å²) in [6.07, 6.45) is 0. The first-order chi connectivity index (χ1) is 29.3. The van der Waals surface area contributed by atoms with E-state index in [1.54, 1.807) is 0 Å². The minimum atomic E-state index is 1.11. The number of fused-ring (bicyclic) bond motifs is 9. The first-order valence-corrected chi connectivity index (χ1v) is 21.7. The fourth-order valence-corrected chi connectivity index (χ4v) is 11.5. The summed E-state index contributed by atoms with van der Waals surface area (Å²) in [7, 11) is 0. The van der Waals surface area contributed by atoms with Gasteiger partial charge in [0.15, 0.2) is 0 Å². The van der Waals surface area contributed by atoms with Gasteiger partial charge in [0.25, 0.3) is 0 Å². The number of nitrogens with zero attached hydrogens (tertiary/aromatic N) is 1. The molecular weight excluding hydrogens is 751 g/mol. The third-order valence-corrected chi connectivity index (χ3v) is 14.2. The zero-order valence-electron chi connectivity index (χ0n) is 32.0. The molecule has 0 aliphatic heterocycles. The van der Waals surface area contributed by atoms with Crippen LogP contribution in [0.15, 0.2) is 212 Å². The smallest absolute Gasteiger partial charge is 0.0554 e. The summed E-state index contributed by atoms with van der Waals surface area (Å²) in [5.41, 5.74) is 10.7. The predicted molar refractivity (Wildman–Crippen MR) is 258 cm³/mol. The monoisotopic (exact) mass is 785 g/mol. The Morgan fingerprint density at radius 1 is 0.305 bits per heavy atom. The Balaban J connectivity index is 1.10. The van der Waals surface area contributed by atoms with Gasteiger partial charge >= 0.3 is 0 Å². The van der Waals surface area contributed by atoms with E-state index in [1.807, 2.05) is 22.7 Å². The minimum Gasteiger partial charge on any atom is -0.310 e. The molecule has 2 aromatic heterocycles. The number of hydrogen-bond acceptors (Lipinski definition) is 3. The Morgan fingerprint density at radius 2 is 0.915 bits per heavy atom. The standard InChI is InChI=1S/C56H35NS2/c1-2-14-36(15-3-1)42-33-32-40(35-50(42)47-23-12-22-46-45-20-8-10-25-52(45)59-56(46)47)57(51-24-13-27-54-55(51)48-21-9-11-26-53(48)58-54)39-30-28-37(29-31-39)49-34-38-16-4-5-17-41(38)43-18-6-7-19-44(43)49/h1-35H. The van der Waals surface area contributed by atoms with Crippen LogP contribution in [0.1, 0.15) is 0 Å². The molecule has 0 saturated carbocycles. The fraction of sp³-hybridized carbons (Fsp3) is 0. The van der Waals surface area contributed by atoms with Crippen LogP contribution in [0.4, 0.5) is 17.1 Å². The zero-order valence-corrected chi connectivity index (χ0v) is 33.6. The third-order valence-electron chi connectivity index (χ3n) is 11.9. The summed E-state index contributed by atoms with van der Waals surface area (Å²) in [6.45, 7) is 0. The lowest BCUT2D eigenvalue weighted by molar-refractivity contribution is 1.30. The van der Waals surface area contributed by atoms with Gasteiger partial charge in [0.1, 0.15) is 0 Å². The van der Waals surface area contributed by atoms with Crippen molar-refractivity contribution in [2.75, 3.05) is 4.90 Å². The van der Waals surface area contributed by atoms with Gasteiger partial charge in [0, 0.05) is 57.3 Å². The van der Waals surface area contributed by atoms with E-state index in [9.17, 15) is 0 Å². The number of benzene rings is 10. The van der Waals surface area contributed by atoms with Crippen molar-refractivity contribution in [3.8, 4) is 33.4 Å². The molecule has 0 unspecified atom stereocenters. The van der Waals surface area contributed by atoms with Crippen molar-refractivity contribution in [2.24, 2.45) is 0 Å². The molecule has 10 aromatic carbocycles. The van der Waals surface area contributed by atoms with Crippen LogP contribution in [0.5, 0.6) is 0 Å². The maximum absolute atomic E-state index is 2.48. The van der Waals surface area contributed by atoms with Crippen LogP contribution in [-0.4, -0.2) is 0 Å². The highest BCUT2D eigenvalue weighted by atomic mass is 32.1. The Kier molecular flexibility index (Phi) is 7.97. The molecule has 12 aromatic rings. The molecule has 1 nitrogen and oxygen atoms in total. The molecule has 0 radical (unpaired) electrons. The normalized spacial score (nSPS) is 11.7. The van der Waals surface area contributed by atoms with Crippen molar-refractivity contribution in [3.05, 3.63) is 212 Å². The lowest BCUT2D eigenvalue weighted by Gasteiger charge is -2.28. The van der Waals surface area contributed by atoms with Gasteiger partial charge in [-0.3, -0.25) is 0 Å². The van der Waals surface area contributed by atoms with Crippen molar-refractivity contribution < 1.29 is 0 Å². The lowest BCUT2D eigenvalue weighted by atomic mass is 9.92. The first-order valence-electron chi connectivity index (χ1n) is 20.1. The highest BCUT2D eigenvalue weighted by Crippen LogP contribution is 2.49. The average molecular weight is 786 g/mol. The Morgan fingerprint density at radius 3 is 1.75 bits per heavy atom. The van der Waals surface area contributed by atoms with Crippen LogP contribution in [-0.2, 0) is 0 Å². The van der Waals surface area contributed by atoms with Crippen LogP contribution >= 0.6 is 22.7 Å². The van der Waals surface area contributed by atoms with Crippen molar-refractivity contribution >= 4 is 102 Å². The van der Waals surface area contributed by atoms with Gasteiger partial charge in [0.05, 0.1) is 5.69 Å². The van der Waals surface area contributed by atoms with Crippen LogP contribution in [0, 0.1) is 0 Å². The minimum absolute atomic E-state index is 1.11. The van der Waals surface area contributed by atoms with E-state index < -0.39 is 0 Å². The van der Waals surface area contributed by atoms with Crippen LogP contribution in [0.25, 0.3) is 95.3 Å². The van der Waals surface area contributed by atoms with Crippen molar-refractivity contribution in [3.63, 3.8) is 0 Å². The summed E-state index contributed by atoms with van der Waals surface area (Å²) < 4.78 is 5.20. The van der Waals surface area contributed by atoms with Crippen LogP contribution in [0.2, 0.25) is 0 Å². The third kappa shape index (κ3) is 5.58. The van der Waals surface area contributed by atoms with Gasteiger partial charge < -0.3 is 4.90 Å². The molecule has 0 aliphatic carbocycles. The summed E-state index contributed by atoms with van der Waals surface area (Å²) in [4.78, 5) is 2.48. The summed E-state index contributed by atoms with van der Waals surface area (Å²) in [6, 6.07) is 78.3. The van der Waals surface area contributed by atoms with E-state index >= 15 is 0 Å². The van der Waals surface area contributed by atoms with Gasteiger partial charge in [-0.25, -0.2) is 0 Å². The topological polar surface area (TPSA) is 3.24 Å². The van der Waals surface area contributed by atoms with Gasteiger partial charge in [-0.05, 0) is 104 Å². The first kappa shape index (κ1) is 34.0. The van der Waals surface area contributed by atoms with Gasteiger partial charge in [0.2, 0.25) is 0 Å². The van der Waals surface area contributed by atoms with Crippen LogP contribution < -0.4 is 4.90 Å². The molecule has 12 rings (SSSR count). The highest BCUT2D eigenvalue weighted by molar-refractivity contribution is 7.26. The second-order valence-corrected chi connectivity index (χ2v) is 17.3. The van der Waals surface area contributed by atoms with E-state index in [2.05, 4.69) is 217 Å². The van der Waals surface area contributed by atoms with Gasteiger partial charge in [-0.15, -0.1) is 22.7 Å². The highest BCUT2D eigenvalue weighted by Gasteiger charge is 2.22. The Labute approximate surface area is 350 Å². The molecule has 0 bridgehead atoms. The molecule has 3 heteroatoms. The molecule has 0 amide bonds. The van der Waals surface area contributed by atoms with E-state index in [4.69, 9.17) is 0 Å². The number of thiophene rings is 2. The predicted octanol–water partition coefficient (Wildman–Crippen LogP) is 17.2. The molecular formula is C56H35NS2. The second-order valence-electron chi connectivity index (χ2n) is 15.2. The molecule has 0 N–H and O–H groups in total. The quantitative estimate of drug-likeness (QED) is 0.152. The molecule has 59 heavy (non-hydrogen) atoms. The SMILES string of the molecule is c1ccc(-c2ccc(N(c3ccc(-c4cc5ccccc5c5ccccc45)cc3)c3cccc4sc5ccccc5c34)cc2-c2cccc3c2sc2ccccc23)cc1. The molecule has 0 aliphatic rings. The molecule has 2 heterocycles. The molecule has 276 valence electrons. The van der Waals surface area contributed by atoms with Gasteiger partial charge in [-0.1, -0.05) is 158 Å². The van der Waals surface area contributed by atoms with E-state index in [0.717, 1.165) is 11.4 Å². The largest absolute Gasteiger partial charge is 0.310 e. The molecule has 0 fully saturated rings. The Hall–Kier alpha value is -7.04. The van der Waals surface area contributed by atoms with E-state index in [1.165, 1.54) is 101 Å². The maximum atomic E-state index is 2.48. The second kappa shape index (κ2) is 13.8. The molecule has 0 atom stereocenters. The number of anilines is 3.